The van der Waals surface area contributed by atoms with Crippen LogP contribution in [0.4, 0.5) is 10.1 Å². The van der Waals surface area contributed by atoms with E-state index in [0.717, 1.165) is 27.1 Å². The van der Waals surface area contributed by atoms with Crippen molar-refractivity contribution in [2.45, 2.75) is 62.8 Å². The number of carbonyl (C=O) groups excluding carboxylic acids is 2. The summed E-state index contributed by atoms with van der Waals surface area (Å²) in [6.45, 7) is 3.21. The van der Waals surface area contributed by atoms with Crippen molar-refractivity contribution in [2.24, 2.45) is 11.8 Å². The summed E-state index contributed by atoms with van der Waals surface area (Å²) in [7, 11) is -4.21. The Bertz CT molecular complexity index is 1590. The maximum Gasteiger partial charge on any atom is 0.306 e. The molecule has 0 radical (unpaired) electrons. The molecule has 1 fully saturated rings. The zero-order valence-corrected chi connectivity index (χ0v) is 28.9. The van der Waals surface area contributed by atoms with Gasteiger partial charge in [-0.1, -0.05) is 18.2 Å². The number of carbonyl (C=O) groups is 2. The van der Waals surface area contributed by atoms with Gasteiger partial charge in [-0.3, -0.25) is 14.0 Å². The molecule has 3 aromatic rings. The van der Waals surface area contributed by atoms with E-state index in [2.05, 4.69) is 16.3 Å². The van der Waals surface area contributed by atoms with Crippen LogP contribution in [0.2, 0.25) is 0 Å². The number of hydrogen-bond donors (Lipinski definition) is 2. The van der Waals surface area contributed by atoms with Crippen molar-refractivity contribution >= 4 is 60.9 Å². The van der Waals surface area contributed by atoms with E-state index in [1.807, 2.05) is 30.3 Å². The second-order valence-electron chi connectivity index (χ2n) is 12.0. The number of thiazole rings is 1. The number of piperidine rings is 1. The lowest BCUT2D eigenvalue weighted by molar-refractivity contribution is -0.143. The molecule has 2 aliphatic rings. The molecule has 0 unspecified atom stereocenters. The van der Waals surface area contributed by atoms with Gasteiger partial charge >= 0.3 is 5.97 Å². The molecule has 1 aromatic heterocycles. The van der Waals surface area contributed by atoms with Crippen LogP contribution in [0.3, 0.4) is 0 Å². The number of nitrogens with zero attached hydrogens (tertiary/aromatic N) is 2. The summed E-state index contributed by atoms with van der Waals surface area (Å²) in [5, 5.41) is 4.04. The van der Waals surface area contributed by atoms with Gasteiger partial charge in [-0.15, -0.1) is 11.3 Å². The second-order valence-corrected chi connectivity index (χ2v) is 15.7. The highest BCUT2D eigenvalue weighted by molar-refractivity contribution is 7.98. The summed E-state index contributed by atoms with van der Waals surface area (Å²) < 4.78 is 50.5. The van der Waals surface area contributed by atoms with Crippen LogP contribution in [-0.2, 0) is 43.6 Å². The predicted octanol–water partition coefficient (Wildman–Crippen LogP) is 5.23. The monoisotopic (exact) mass is 690 g/mol. The summed E-state index contributed by atoms with van der Waals surface area (Å²) in [4.78, 5) is 32.7. The van der Waals surface area contributed by atoms with Gasteiger partial charge in [0.1, 0.15) is 10.9 Å². The van der Waals surface area contributed by atoms with Gasteiger partial charge in [0.15, 0.2) is 0 Å². The number of sulfonamides is 1. The molecule has 2 aromatic carbocycles. The number of alkyl halides is 1. The zero-order valence-electron chi connectivity index (χ0n) is 26.4. The van der Waals surface area contributed by atoms with Crippen molar-refractivity contribution in [1.29, 1.82) is 0 Å². The van der Waals surface area contributed by atoms with Crippen LogP contribution in [0.1, 0.15) is 48.7 Å². The molecule has 0 saturated carbocycles. The number of hydrogen-bond acceptors (Lipinski definition) is 9. The predicted molar refractivity (Wildman–Crippen MR) is 183 cm³/mol. The molecular formula is C33H43FN4O5S3. The first-order valence-electron chi connectivity index (χ1n) is 16.0. The minimum atomic E-state index is -4.21. The van der Waals surface area contributed by atoms with Gasteiger partial charge in [0.2, 0.25) is 15.9 Å². The molecule has 0 spiro atoms. The van der Waals surface area contributed by atoms with E-state index in [1.165, 1.54) is 11.3 Å². The Hall–Kier alpha value is -2.74. The standard InChI is InChI=1S/C33H43FN4O5S3/c1-3-43-31(39)9-8-23-16-25-17-24(21-44-2)20-35-32(25)29(18-23)46(41,42)37-27(19-30-36-26-6-4-5-7-28(26)45-30)33(40)38-14-11-22(10-13-34)12-15-38/h4-7,16,18,22,24,27,35,37H,3,8-15,17,19-21H2,1-2H3/t24-,27-/m0/s1. The Kier molecular flexibility index (Phi) is 12.0. The highest BCUT2D eigenvalue weighted by atomic mass is 32.2. The maximum absolute atomic E-state index is 14.3. The summed E-state index contributed by atoms with van der Waals surface area (Å²) in [6.07, 6.45) is 5.20. The fourth-order valence-corrected chi connectivity index (χ4v) is 9.53. The van der Waals surface area contributed by atoms with E-state index < -0.39 is 16.1 Å². The number of ether oxygens (including phenoxy) is 1. The molecule has 3 heterocycles. The van der Waals surface area contributed by atoms with Crippen LogP contribution < -0.4 is 10.0 Å². The number of benzene rings is 2. The van der Waals surface area contributed by atoms with Crippen LogP contribution in [-0.4, -0.2) is 81.1 Å². The van der Waals surface area contributed by atoms with E-state index in [-0.39, 0.29) is 48.8 Å². The number of aryl methyl sites for hydroxylation is 1. The molecule has 9 nitrogen and oxygen atoms in total. The van der Waals surface area contributed by atoms with Crippen LogP contribution in [0.15, 0.2) is 41.3 Å². The van der Waals surface area contributed by atoms with E-state index >= 15 is 0 Å². The lowest BCUT2D eigenvalue weighted by Crippen LogP contribution is -2.51. The molecule has 46 heavy (non-hydrogen) atoms. The summed E-state index contributed by atoms with van der Waals surface area (Å²) in [5.41, 5.74) is 2.96. The van der Waals surface area contributed by atoms with Crippen molar-refractivity contribution in [2.75, 3.05) is 50.2 Å². The average molecular weight is 691 g/mol. The number of para-hydroxylation sites is 1. The molecule has 2 atom stereocenters. The van der Waals surface area contributed by atoms with Gasteiger partial charge in [-0.2, -0.15) is 16.5 Å². The SMILES string of the molecule is CCOC(=O)CCc1cc2c(c(S(=O)(=O)N[C@@H](Cc3nc4ccccc4s3)C(=O)N3CCC(CCF)CC3)c1)NC[C@@H](CSC)C2. The third kappa shape index (κ3) is 8.59. The van der Waals surface area contributed by atoms with Crippen molar-refractivity contribution < 1.29 is 27.1 Å². The molecule has 5 rings (SSSR count). The lowest BCUT2D eigenvalue weighted by Gasteiger charge is -2.34. The molecular weight excluding hydrogens is 648 g/mol. The molecule has 250 valence electrons. The first-order chi connectivity index (χ1) is 22.2. The normalized spacial score (nSPS) is 17.8. The number of amides is 1. The Morgan fingerprint density at radius 2 is 2.00 bits per heavy atom. The number of thioether (sulfide) groups is 1. The Morgan fingerprint density at radius 3 is 2.72 bits per heavy atom. The molecule has 1 amide bonds. The van der Waals surface area contributed by atoms with Crippen molar-refractivity contribution in [3.05, 3.63) is 52.5 Å². The van der Waals surface area contributed by atoms with Crippen molar-refractivity contribution in [3.63, 3.8) is 0 Å². The fraction of sp³-hybridized carbons (Fsp3) is 0.545. The van der Waals surface area contributed by atoms with Crippen LogP contribution in [0.5, 0.6) is 0 Å². The van der Waals surface area contributed by atoms with Crippen LogP contribution in [0.25, 0.3) is 10.2 Å². The van der Waals surface area contributed by atoms with Gasteiger partial charge in [0, 0.05) is 32.5 Å². The quantitative estimate of drug-likeness (QED) is 0.221. The van der Waals surface area contributed by atoms with E-state index in [1.54, 1.807) is 29.7 Å². The molecule has 2 N–H and O–H groups in total. The van der Waals surface area contributed by atoms with Crippen molar-refractivity contribution in [1.82, 2.24) is 14.6 Å². The third-order valence-corrected chi connectivity index (χ3v) is 12.1. The average Bonchev–Trinajstić information content (AvgIpc) is 3.46. The van der Waals surface area contributed by atoms with Crippen molar-refractivity contribution in [3.8, 4) is 0 Å². The Labute approximate surface area is 279 Å². The van der Waals surface area contributed by atoms with E-state index in [9.17, 15) is 22.4 Å². The fourth-order valence-electron chi connectivity index (χ4n) is 6.35. The van der Waals surface area contributed by atoms with E-state index in [0.29, 0.717) is 68.4 Å². The maximum atomic E-state index is 14.3. The summed E-state index contributed by atoms with van der Waals surface area (Å²) in [6, 6.07) is 10.2. The number of fused-ring (bicyclic) bond motifs is 2. The minimum absolute atomic E-state index is 0.0789. The topological polar surface area (TPSA) is 118 Å². The molecule has 0 bridgehead atoms. The third-order valence-electron chi connectivity index (χ3n) is 8.69. The Balaban J connectivity index is 1.46. The highest BCUT2D eigenvalue weighted by Gasteiger charge is 2.35. The number of esters is 1. The first-order valence-corrected chi connectivity index (χ1v) is 19.7. The lowest BCUT2D eigenvalue weighted by atomic mass is 9.93. The number of halogens is 1. The van der Waals surface area contributed by atoms with Crippen LogP contribution >= 0.6 is 23.1 Å². The smallest absolute Gasteiger partial charge is 0.306 e. The number of anilines is 1. The Morgan fingerprint density at radius 1 is 1.22 bits per heavy atom. The van der Waals surface area contributed by atoms with Crippen LogP contribution in [0, 0.1) is 11.8 Å². The highest BCUT2D eigenvalue weighted by Crippen LogP contribution is 2.35. The van der Waals surface area contributed by atoms with Gasteiger partial charge < -0.3 is 15.0 Å². The van der Waals surface area contributed by atoms with E-state index in [4.69, 9.17) is 9.72 Å². The minimum Gasteiger partial charge on any atom is -0.466 e. The molecule has 2 aliphatic heterocycles. The molecule has 1 saturated heterocycles. The molecule has 0 aliphatic carbocycles. The second kappa shape index (κ2) is 15.9. The summed E-state index contributed by atoms with van der Waals surface area (Å²) in [5.74, 6) is 0.846. The van der Waals surface area contributed by atoms with Gasteiger partial charge in [-0.05, 0) is 92.2 Å². The number of rotatable bonds is 14. The van der Waals surface area contributed by atoms with Gasteiger partial charge in [-0.25, -0.2) is 13.4 Å². The van der Waals surface area contributed by atoms with Gasteiger partial charge in [0.25, 0.3) is 0 Å². The largest absolute Gasteiger partial charge is 0.466 e. The number of aromatic nitrogens is 1. The molecule has 13 heteroatoms. The summed E-state index contributed by atoms with van der Waals surface area (Å²) >= 11 is 3.19. The number of likely N-dealkylation sites (tertiary alicyclic amines) is 1. The zero-order chi connectivity index (χ0) is 32.7. The van der Waals surface area contributed by atoms with Gasteiger partial charge in [0.05, 0.1) is 34.2 Å². The first kappa shape index (κ1) is 34.6. The number of nitrogens with one attached hydrogen (secondary N) is 2.